The summed E-state index contributed by atoms with van der Waals surface area (Å²) < 4.78 is 31.7. The van der Waals surface area contributed by atoms with Crippen LogP contribution in [0.5, 0.6) is 11.5 Å². The van der Waals surface area contributed by atoms with E-state index in [2.05, 4.69) is 0 Å². The standard InChI is InChI=1S/C14H9F2NOS/c1-19-14-4-2-3-12(10(14)8-17)18-13-6-5-9(15)7-11(13)16/h2-7H,1H3. The zero-order chi connectivity index (χ0) is 13.8. The van der Waals surface area contributed by atoms with Crippen LogP contribution in [0.3, 0.4) is 0 Å². The SMILES string of the molecule is CSc1cccc(Oc2ccc(F)cc2F)c1C#N. The molecule has 2 rings (SSSR count). The molecule has 0 aliphatic carbocycles. The molecule has 0 N–H and O–H groups in total. The summed E-state index contributed by atoms with van der Waals surface area (Å²) in [7, 11) is 0. The van der Waals surface area contributed by atoms with Crippen molar-refractivity contribution in [1.82, 2.24) is 0 Å². The van der Waals surface area contributed by atoms with Crippen LogP contribution in [0.25, 0.3) is 0 Å². The molecule has 0 aliphatic heterocycles. The lowest BCUT2D eigenvalue weighted by molar-refractivity contribution is 0.435. The van der Waals surface area contributed by atoms with Crippen LogP contribution < -0.4 is 4.74 Å². The van der Waals surface area contributed by atoms with Crippen LogP contribution in [0.2, 0.25) is 0 Å². The largest absolute Gasteiger partial charge is 0.453 e. The number of hydrogen-bond acceptors (Lipinski definition) is 3. The zero-order valence-corrected chi connectivity index (χ0v) is 10.8. The van der Waals surface area contributed by atoms with Crippen LogP contribution in [0, 0.1) is 23.0 Å². The number of halogens is 2. The predicted octanol–water partition coefficient (Wildman–Crippen LogP) is 4.35. The lowest BCUT2D eigenvalue weighted by Gasteiger charge is -2.10. The highest BCUT2D eigenvalue weighted by Crippen LogP contribution is 2.32. The van der Waals surface area contributed by atoms with E-state index in [0.717, 1.165) is 17.0 Å². The summed E-state index contributed by atoms with van der Waals surface area (Å²) in [6.45, 7) is 0. The lowest BCUT2D eigenvalue weighted by Crippen LogP contribution is -1.93. The first kappa shape index (κ1) is 13.4. The fraction of sp³-hybridized carbons (Fsp3) is 0.0714. The molecule has 19 heavy (non-hydrogen) atoms. The van der Waals surface area contributed by atoms with Crippen molar-refractivity contribution < 1.29 is 13.5 Å². The Kier molecular flexibility index (Phi) is 4.03. The van der Waals surface area contributed by atoms with Gasteiger partial charge in [-0.1, -0.05) is 6.07 Å². The number of nitrogens with zero attached hydrogens (tertiary/aromatic N) is 1. The Morgan fingerprint density at radius 1 is 1.16 bits per heavy atom. The van der Waals surface area contributed by atoms with Gasteiger partial charge < -0.3 is 4.74 Å². The van der Waals surface area contributed by atoms with Crippen molar-refractivity contribution in [2.24, 2.45) is 0 Å². The first-order valence-corrected chi connectivity index (χ1v) is 6.58. The summed E-state index contributed by atoms with van der Waals surface area (Å²) in [4.78, 5) is 0.738. The van der Waals surface area contributed by atoms with Crippen molar-refractivity contribution in [1.29, 1.82) is 5.26 Å². The van der Waals surface area contributed by atoms with Crippen molar-refractivity contribution in [2.75, 3.05) is 6.26 Å². The van der Waals surface area contributed by atoms with Crippen LogP contribution in [0.1, 0.15) is 5.56 Å². The first-order valence-electron chi connectivity index (χ1n) is 5.35. The van der Waals surface area contributed by atoms with E-state index in [1.165, 1.54) is 17.8 Å². The third-order valence-electron chi connectivity index (χ3n) is 2.43. The van der Waals surface area contributed by atoms with Gasteiger partial charge in [0.1, 0.15) is 23.2 Å². The molecule has 0 bridgehead atoms. The summed E-state index contributed by atoms with van der Waals surface area (Å²) in [5.41, 5.74) is 0.332. The highest BCUT2D eigenvalue weighted by atomic mass is 32.2. The number of nitriles is 1. The normalized spacial score (nSPS) is 10.0. The quantitative estimate of drug-likeness (QED) is 0.782. The smallest absolute Gasteiger partial charge is 0.168 e. The van der Waals surface area contributed by atoms with Gasteiger partial charge >= 0.3 is 0 Å². The third kappa shape index (κ3) is 2.85. The van der Waals surface area contributed by atoms with Gasteiger partial charge in [0.05, 0.1) is 0 Å². The van der Waals surface area contributed by atoms with Crippen molar-refractivity contribution in [3.63, 3.8) is 0 Å². The van der Waals surface area contributed by atoms with Crippen LogP contribution in [0.4, 0.5) is 8.78 Å². The van der Waals surface area contributed by atoms with Gasteiger partial charge in [0.25, 0.3) is 0 Å². The second-order valence-corrected chi connectivity index (χ2v) is 4.47. The van der Waals surface area contributed by atoms with E-state index in [-0.39, 0.29) is 11.5 Å². The van der Waals surface area contributed by atoms with Crippen LogP contribution in [0.15, 0.2) is 41.3 Å². The minimum absolute atomic E-state index is 0.115. The molecule has 0 unspecified atom stereocenters. The second kappa shape index (κ2) is 5.72. The van der Waals surface area contributed by atoms with E-state index >= 15 is 0 Å². The zero-order valence-electron chi connectivity index (χ0n) is 9.98. The van der Waals surface area contributed by atoms with E-state index in [1.54, 1.807) is 18.2 Å². The number of hydrogen-bond donors (Lipinski definition) is 0. The van der Waals surface area contributed by atoms with Crippen LogP contribution in [-0.2, 0) is 0 Å². The summed E-state index contributed by atoms with van der Waals surface area (Å²) in [6.07, 6.45) is 1.83. The summed E-state index contributed by atoms with van der Waals surface area (Å²) in [6, 6.07) is 10.1. The van der Waals surface area contributed by atoms with E-state index in [0.29, 0.717) is 5.56 Å². The molecule has 0 radical (unpaired) electrons. The Morgan fingerprint density at radius 2 is 1.95 bits per heavy atom. The van der Waals surface area contributed by atoms with Gasteiger partial charge in [0, 0.05) is 11.0 Å². The monoisotopic (exact) mass is 277 g/mol. The van der Waals surface area contributed by atoms with Gasteiger partial charge in [-0.25, -0.2) is 8.78 Å². The number of benzene rings is 2. The minimum Gasteiger partial charge on any atom is -0.453 e. The molecule has 0 amide bonds. The first-order chi connectivity index (χ1) is 9.15. The molecule has 0 saturated heterocycles. The van der Waals surface area contributed by atoms with E-state index in [1.807, 2.05) is 12.3 Å². The topological polar surface area (TPSA) is 33.0 Å². The van der Waals surface area contributed by atoms with E-state index < -0.39 is 11.6 Å². The molecule has 2 nitrogen and oxygen atoms in total. The van der Waals surface area contributed by atoms with E-state index in [4.69, 9.17) is 10.00 Å². The molecule has 2 aromatic carbocycles. The molecule has 0 spiro atoms. The highest BCUT2D eigenvalue weighted by molar-refractivity contribution is 7.98. The average molecular weight is 277 g/mol. The minimum atomic E-state index is -0.807. The Morgan fingerprint density at radius 3 is 2.58 bits per heavy atom. The molecule has 0 heterocycles. The van der Waals surface area contributed by atoms with Gasteiger partial charge in [-0.15, -0.1) is 11.8 Å². The van der Waals surface area contributed by atoms with Crippen LogP contribution in [-0.4, -0.2) is 6.26 Å². The lowest BCUT2D eigenvalue weighted by atomic mass is 10.2. The fourth-order valence-electron chi connectivity index (χ4n) is 1.55. The number of ether oxygens (including phenoxy) is 1. The number of rotatable bonds is 3. The molecule has 0 aromatic heterocycles. The van der Waals surface area contributed by atoms with Gasteiger partial charge in [-0.3, -0.25) is 0 Å². The molecular weight excluding hydrogens is 268 g/mol. The molecule has 0 saturated carbocycles. The molecule has 96 valence electrons. The third-order valence-corrected chi connectivity index (χ3v) is 3.21. The Labute approximate surface area is 113 Å². The molecular formula is C14H9F2NOS. The van der Waals surface area contributed by atoms with E-state index in [9.17, 15) is 8.78 Å². The van der Waals surface area contributed by atoms with Gasteiger partial charge in [0.2, 0.25) is 0 Å². The van der Waals surface area contributed by atoms with Crippen LogP contribution >= 0.6 is 11.8 Å². The fourth-order valence-corrected chi connectivity index (χ4v) is 2.12. The Balaban J connectivity index is 2.41. The second-order valence-electron chi connectivity index (χ2n) is 3.62. The molecule has 0 aliphatic rings. The molecule has 2 aromatic rings. The maximum Gasteiger partial charge on any atom is 0.168 e. The molecule has 0 atom stereocenters. The van der Waals surface area contributed by atoms with Gasteiger partial charge in [-0.05, 0) is 30.5 Å². The van der Waals surface area contributed by atoms with Gasteiger partial charge in [-0.2, -0.15) is 5.26 Å². The Hall–Kier alpha value is -2.06. The highest BCUT2D eigenvalue weighted by Gasteiger charge is 2.12. The van der Waals surface area contributed by atoms with Gasteiger partial charge in [0.15, 0.2) is 11.6 Å². The van der Waals surface area contributed by atoms with Crippen molar-refractivity contribution in [3.8, 4) is 17.6 Å². The number of thioether (sulfide) groups is 1. The predicted molar refractivity (Wildman–Crippen MR) is 69.4 cm³/mol. The molecule has 0 fully saturated rings. The summed E-state index contributed by atoms with van der Waals surface area (Å²) in [5, 5.41) is 9.12. The Bertz CT molecular complexity index is 652. The summed E-state index contributed by atoms with van der Waals surface area (Å²) in [5.74, 6) is -1.35. The van der Waals surface area contributed by atoms with Crippen molar-refractivity contribution in [3.05, 3.63) is 53.6 Å². The molecule has 5 heteroatoms. The average Bonchev–Trinajstić information content (AvgIpc) is 2.41. The maximum absolute atomic E-state index is 13.5. The van der Waals surface area contributed by atoms with Crippen molar-refractivity contribution >= 4 is 11.8 Å². The maximum atomic E-state index is 13.5. The summed E-state index contributed by atoms with van der Waals surface area (Å²) >= 11 is 1.40. The van der Waals surface area contributed by atoms with Crippen molar-refractivity contribution in [2.45, 2.75) is 4.90 Å².